The van der Waals surface area contributed by atoms with Crippen LogP contribution in [0.4, 0.5) is 8.78 Å². The Balaban J connectivity index is 2.50. The van der Waals surface area contributed by atoms with Crippen LogP contribution in [0.2, 0.25) is 0 Å². The molecule has 0 radical (unpaired) electrons. The maximum Gasteiger partial charge on any atom is 0.132 e. The second-order valence-electron chi connectivity index (χ2n) is 4.45. The van der Waals surface area contributed by atoms with Gasteiger partial charge in [0.05, 0.1) is 17.9 Å². The molecule has 2 rings (SSSR count). The van der Waals surface area contributed by atoms with Crippen molar-refractivity contribution >= 4 is 15.9 Å². The van der Waals surface area contributed by atoms with Gasteiger partial charge in [0.15, 0.2) is 0 Å². The quantitative estimate of drug-likeness (QED) is 0.906. The highest BCUT2D eigenvalue weighted by Gasteiger charge is 2.24. The monoisotopic (exact) mass is 344 g/mol. The Hall–Kier alpha value is -1.34. The summed E-state index contributed by atoms with van der Waals surface area (Å²) in [6, 6.07) is 1.88. The van der Waals surface area contributed by atoms with Gasteiger partial charge >= 0.3 is 0 Å². The summed E-state index contributed by atoms with van der Waals surface area (Å²) in [4.78, 5) is 0. The van der Waals surface area contributed by atoms with E-state index in [-0.39, 0.29) is 5.56 Å². The van der Waals surface area contributed by atoms with E-state index in [2.05, 4.69) is 31.6 Å². The number of aromatic nitrogens is 3. The van der Waals surface area contributed by atoms with Crippen LogP contribution in [-0.4, -0.2) is 21.5 Å². The lowest BCUT2D eigenvalue weighted by Gasteiger charge is -2.20. The molecule has 1 aromatic carbocycles. The van der Waals surface area contributed by atoms with E-state index in [4.69, 9.17) is 0 Å². The Morgan fingerprint density at radius 3 is 2.50 bits per heavy atom. The highest BCUT2D eigenvalue weighted by Crippen LogP contribution is 2.28. The van der Waals surface area contributed by atoms with Crippen molar-refractivity contribution in [2.24, 2.45) is 7.05 Å². The largest absolute Gasteiger partial charge is 0.305 e. The fourth-order valence-electron chi connectivity index (χ4n) is 2.03. The molecule has 0 amide bonds. The van der Waals surface area contributed by atoms with Gasteiger partial charge in [0.1, 0.15) is 11.6 Å². The van der Waals surface area contributed by atoms with Crippen molar-refractivity contribution in [1.82, 2.24) is 20.3 Å². The molecule has 7 heteroatoms. The molecular formula is C13H15BrF2N4. The molecule has 0 saturated carbocycles. The number of halogens is 3. The fourth-order valence-corrected chi connectivity index (χ4v) is 2.43. The lowest BCUT2D eigenvalue weighted by atomic mass is 10.0. The SMILES string of the molecule is CCCNC(c1c(F)cc(Br)cc1F)c1cnnn1C. The van der Waals surface area contributed by atoms with Crippen LogP contribution >= 0.6 is 15.9 Å². The molecule has 1 heterocycles. The minimum Gasteiger partial charge on any atom is -0.305 e. The van der Waals surface area contributed by atoms with Crippen LogP contribution < -0.4 is 5.32 Å². The van der Waals surface area contributed by atoms with Crippen LogP contribution in [0.15, 0.2) is 22.8 Å². The number of hydrogen-bond donors (Lipinski definition) is 1. The first kappa shape index (κ1) is 15.1. The summed E-state index contributed by atoms with van der Waals surface area (Å²) in [6.07, 6.45) is 2.36. The van der Waals surface area contributed by atoms with Gasteiger partial charge in [-0.2, -0.15) is 0 Å². The Kier molecular flexibility index (Phi) is 4.82. The first-order chi connectivity index (χ1) is 9.54. The molecule has 20 heavy (non-hydrogen) atoms. The Morgan fingerprint density at radius 1 is 1.35 bits per heavy atom. The van der Waals surface area contributed by atoms with Crippen molar-refractivity contribution in [2.75, 3.05) is 6.54 Å². The highest BCUT2D eigenvalue weighted by atomic mass is 79.9. The van der Waals surface area contributed by atoms with E-state index >= 15 is 0 Å². The lowest BCUT2D eigenvalue weighted by Crippen LogP contribution is -2.27. The summed E-state index contributed by atoms with van der Waals surface area (Å²) in [5.74, 6) is -1.21. The summed E-state index contributed by atoms with van der Waals surface area (Å²) in [6.45, 7) is 2.62. The zero-order chi connectivity index (χ0) is 14.7. The molecule has 0 fully saturated rings. The molecule has 0 spiro atoms. The summed E-state index contributed by atoms with van der Waals surface area (Å²) < 4.78 is 30.2. The zero-order valence-electron chi connectivity index (χ0n) is 11.2. The third-order valence-electron chi connectivity index (χ3n) is 2.98. The molecular weight excluding hydrogens is 330 g/mol. The van der Waals surface area contributed by atoms with Crippen molar-refractivity contribution < 1.29 is 8.78 Å². The highest BCUT2D eigenvalue weighted by molar-refractivity contribution is 9.10. The predicted molar refractivity (Wildman–Crippen MR) is 75.2 cm³/mol. The van der Waals surface area contributed by atoms with Crippen LogP contribution in [-0.2, 0) is 7.05 Å². The summed E-state index contributed by atoms with van der Waals surface area (Å²) in [5.41, 5.74) is 0.589. The summed E-state index contributed by atoms with van der Waals surface area (Å²) in [7, 11) is 1.69. The van der Waals surface area contributed by atoms with Crippen molar-refractivity contribution in [3.8, 4) is 0 Å². The van der Waals surface area contributed by atoms with Gasteiger partial charge in [0.25, 0.3) is 0 Å². The van der Waals surface area contributed by atoms with Crippen LogP contribution in [0.3, 0.4) is 0 Å². The van der Waals surface area contributed by atoms with Crippen molar-refractivity contribution in [3.63, 3.8) is 0 Å². The van der Waals surface area contributed by atoms with Gasteiger partial charge in [-0.05, 0) is 25.1 Å². The van der Waals surface area contributed by atoms with Gasteiger partial charge in [-0.15, -0.1) is 5.10 Å². The molecule has 1 atom stereocenters. The van der Waals surface area contributed by atoms with Gasteiger partial charge in [-0.3, -0.25) is 4.68 Å². The van der Waals surface area contributed by atoms with E-state index in [1.807, 2.05) is 6.92 Å². The number of benzene rings is 1. The summed E-state index contributed by atoms with van der Waals surface area (Å²) >= 11 is 3.08. The van der Waals surface area contributed by atoms with E-state index in [1.165, 1.54) is 23.0 Å². The molecule has 1 unspecified atom stereocenters. The van der Waals surface area contributed by atoms with Crippen LogP contribution in [0, 0.1) is 11.6 Å². The Morgan fingerprint density at radius 2 is 2.00 bits per heavy atom. The number of rotatable bonds is 5. The van der Waals surface area contributed by atoms with Crippen LogP contribution in [0.5, 0.6) is 0 Å². The number of aryl methyl sites for hydroxylation is 1. The Bertz CT molecular complexity index is 577. The second-order valence-corrected chi connectivity index (χ2v) is 5.37. The normalized spacial score (nSPS) is 12.7. The van der Waals surface area contributed by atoms with E-state index in [0.717, 1.165) is 6.42 Å². The molecule has 2 aromatic rings. The number of hydrogen-bond acceptors (Lipinski definition) is 3. The first-order valence-electron chi connectivity index (χ1n) is 6.27. The van der Waals surface area contributed by atoms with Gasteiger partial charge < -0.3 is 5.32 Å². The number of nitrogens with one attached hydrogen (secondary N) is 1. The first-order valence-corrected chi connectivity index (χ1v) is 7.06. The molecule has 0 saturated heterocycles. The van der Waals surface area contributed by atoms with E-state index in [1.54, 1.807) is 7.05 Å². The molecule has 1 aromatic heterocycles. The third-order valence-corrected chi connectivity index (χ3v) is 3.43. The maximum atomic E-state index is 14.2. The van der Waals surface area contributed by atoms with Gasteiger partial charge in [-0.25, -0.2) is 8.78 Å². The van der Waals surface area contributed by atoms with Crippen molar-refractivity contribution in [1.29, 1.82) is 0 Å². The topological polar surface area (TPSA) is 42.7 Å². The molecule has 0 aliphatic heterocycles. The number of nitrogens with zero attached hydrogens (tertiary/aromatic N) is 3. The van der Waals surface area contributed by atoms with Gasteiger partial charge in [0.2, 0.25) is 0 Å². The molecule has 4 nitrogen and oxygen atoms in total. The second kappa shape index (κ2) is 6.41. The third kappa shape index (κ3) is 3.04. The van der Waals surface area contributed by atoms with E-state index in [0.29, 0.717) is 16.7 Å². The zero-order valence-corrected chi connectivity index (χ0v) is 12.8. The fraction of sp³-hybridized carbons (Fsp3) is 0.385. The molecule has 0 aliphatic rings. The minimum absolute atomic E-state index is 0.0212. The predicted octanol–water partition coefficient (Wildman–Crippen LogP) is 2.94. The molecule has 0 aliphatic carbocycles. The van der Waals surface area contributed by atoms with Crippen LogP contribution in [0.1, 0.15) is 30.6 Å². The minimum atomic E-state index is -0.622. The smallest absolute Gasteiger partial charge is 0.132 e. The molecule has 1 N–H and O–H groups in total. The van der Waals surface area contributed by atoms with Gasteiger partial charge in [0, 0.05) is 17.1 Å². The van der Waals surface area contributed by atoms with E-state index in [9.17, 15) is 8.78 Å². The van der Waals surface area contributed by atoms with Gasteiger partial charge in [-0.1, -0.05) is 28.1 Å². The van der Waals surface area contributed by atoms with Crippen molar-refractivity contribution in [3.05, 3.63) is 45.7 Å². The average Bonchev–Trinajstić information content (AvgIpc) is 2.78. The summed E-state index contributed by atoms with van der Waals surface area (Å²) in [5, 5.41) is 10.7. The van der Waals surface area contributed by atoms with Crippen molar-refractivity contribution in [2.45, 2.75) is 19.4 Å². The molecule has 0 bridgehead atoms. The maximum absolute atomic E-state index is 14.2. The van der Waals surface area contributed by atoms with Crippen LogP contribution in [0.25, 0.3) is 0 Å². The van der Waals surface area contributed by atoms with E-state index < -0.39 is 17.7 Å². The molecule has 108 valence electrons. The Labute approximate surface area is 124 Å². The standard InChI is InChI=1S/C13H15BrF2N4/c1-3-4-17-13(11-7-18-19-20(11)2)12-9(15)5-8(14)6-10(12)16/h5-7,13,17H,3-4H2,1-2H3. The lowest BCUT2D eigenvalue weighted by molar-refractivity contribution is 0.484. The average molecular weight is 345 g/mol.